The first-order valence-corrected chi connectivity index (χ1v) is 19.7. The van der Waals surface area contributed by atoms with Crippen LogP contribution in [-0.4, -0.2) is 78.7 Å². The molecule has 10 heteroatoms. The number of hydrogen-bond donors (Lipinski definition) is 2. The number of anilines is 1. The number of aryl methyl sites for hydroxylation is 1. The highest BCUT2D eigenvalue weighted by atomic mass is 35.5. The molecule has 3 aliphatic carbocycles. The Hall–Kier alpha value is -3.53. The number of ether oxygens (including phenoxy) is 4. The predicted molar refractivity (Wildman–Crippen MR) is 201 cm³/mol. The van der Waals surface area contributed by atoms with Gasteiger partial charge in [-0.15, -0.1) is 0 Å². The summed E-state index contributed by atoms with van der Waals surface area (Å²) in [7, 11) is 0. The van der Waals surface area contributed by atoms with Gasteiger partial charge in [-0.3, -0.25) is 9.88 Å². The number of morpholine rings is 1. The number of nitrogens with one attached hydrogen (secondary N) is 1. The molecule has 4 atom stereocenters. The zero-order chi connectivity index (χ0) is 35.9. The molecule has 1 aromatic heterocycles. The lowest BCUT2D eigenvalue weighted by atomic mass is 9.59. The molecule has 5 aliphatic rings. The molecule has 0 amide bonds. The SMILES string of the molecule is C[C@@H](COc1ccnc2c1[C@H](C)CCC2)C[C@H]1Cc2cc3c(cc2C12CCC(Nc1cccc(Cl)c1)(C(=O)O)CC2)O[C@H](CN1CCOCC1)CO3. The van der Waals surface area contributed by atoms with E-state index in [2.05, 4.69) is 41.2 Å². The molecule has 3 aromatic rings. The van der Waals surface area contributed by atoms with E-state index >= 15 is 0 Å². The van der Waals surface area contributed by atoms with Crippen molar-refractivity contribution in [2.45, 2.75) is 94.6 Å². The number of fused-ring (bicyclic) bond motifs is 4. The molecule has 0 bridgehead atoms. The van der Waals surface area contributed by atoms with E-state index in [1.807, 2.05) is 36.5 Å². The Balaban J connectivity index is 1.05. The highest BCUT2D eigenvalue weighted by molar-refractivity contribution is 6.30. The number of rotatable bonds is 10. The van der Waals surface area contributed by atoms with Gasteiger partial charge >= 0.3 is 5.97 Å². The lowest BCUT2D eigenvalue weighted by Crippen LogP contribution is -2.53. The van der Waals surface area contributed by atoms with Gasteiger partial charge in [-0.2, -0.15) is 0 Å². The fraction of sp³-hybridized carbons (Fsp3) is 0.571. The number of pyridine rings is 1. The average molecular weight is 730 g/mol. The molecule has 8 rings (SSSR count). The molecule has 1 saturated heterocycles. The van der Waals surface area contributed by atoms with Crippen LogP contribution in [0, 0.1) is 11.8 Å². The zero-order valence-corrected chi connectivity index (χ0v) is 31.3. The summed E-state index contributed by atoms with van der Waals surface area (Å²) < 4.78 is 25.2. The summed E-state index contributed by atoms with van der Waals surface area (Å²) in [5.74, 6) is 2.88. The number of benzene rings is 2. The first-order chi connectivity index (χ1) is 25.2. The molecule has 1 spiro atoms. The van der Waals surface area contributed by atoms with Crippen molar-refractivity contribution in [2.75, 3.05) is 51.4 Å². The van der Waals surface area contributed by atoms with Crippen molar-refractivity contribution in [3.8, 4) is 17.2 Å². The number of aliphatic carboxylic acids is 1. The van der Waals surface area contributed by atoms with E-state index in [-0.39, 0.29) is 11.5 Å². The highest BCUT2D eigenvalue weighted by Gasteiger charge is 2.54. The molecule has 52 heavy (non-hydrogen) atoms. The smallest absolute Gasteiger partial charge is 0.329 e. The van der Waals surface area contributed by atoms with Gasteiger partial charge in [-0.25, -0.2) is 4.79 Å². The maximum Gasteiger partial charge on any atom is 0.329 e. The summed E-state index contributed by atoms with van der Waals surface area (Å²) in [5, 5.41) is 14.7. The van der Waals surface area contributed by atoms with Crippen LogP contribution in [0.5, 0.6) is 17.2 Å². The molecule has 2 N–H and O–H groups in total. The minimum absolute atomic E-state index is 0.0523. The van der Waals surface area contributed by atoms with Crippen LogP contribution in [0.4, 0.5) is 5.69 Å². The van der Waals surface area contributed by atoms with Crippen molar-refractivity contribution >= 4 is 23.3 Å². The second-order valence-electron chi connectivity index (χ2n) is 16.1. The zero-order valence-electron chi connectivity index (χ0n) is 30.5. The van der Waals surface area contributed by atoms with Crippen molar-refractivity contribution in [3.05, 3.63) is 76.1 Å². The van der Waals surface area contributed by atoms with Crippen LogP contribution in [0.25, 0.3) is 0 Å². The quantitative estimate of drug-likeness (QED) is 0.218. The largest absolute Gasteiger partial charge is 0.493 e. The van der Waals surface area contributed by atoms with E-state index in [1.54, 1.807) is 0 Å². The second-order valence-corrected chi connectivity index (χ2v) is 16.6. The van der Waals surface area contributed by atoms with Crippen LogP contribution in [0.2, 0.25) is 5.02 Å². The molecular formula is C42H52ClN3O6. The maximum atomic E-state index is 13.0. The van der Waals surface area contributed by atoms with E-state index < -0.39 is 11.5 Å². The molecular weight excluding hydrogens is 678 g/mol. The predicted octanol–water partition coefficient (Wildman–Crippen LogP) is 7.67. The number of carbonyl (C=O) groups is 1. The van der Waals surface area contributed by atoms with Crippen LogP contribution in [-0.2, 0) is 27.8 Å². The summed E-state index contributed by atoms with van der Waals surface area (Å²) in [5.41, 5.74) is 4.55. The van der Waals surface area contributed by atoms with Crippen LogP contribution < -0.4 is 19.5 Å². The summed E-state index contributed by atoms with van der Waals surface area (Å²) in [4.78, 5) is 20.1. The van der Waals surface area contributed by atoms with E-state index in [1.165, 1.54) is 35.2 Å². The van der Waals surface area contributed by atoms with Gasteiger partial charge in [0.2, 0.25) is 0 Å². The van der Waals surface area contributed by atoms with Gasteiger partial charge in [-0.1, -0.05) is 31.5 Å². The third kappa shape index (κ3) is 6.96. The fourth-order valence-corrected chi connectivity index (χ4v) is 10.1. The average Bonchev–Trinajstić information content (AvgIpc) is 3.41. The maximum absolute atomic E-state index is 13.0. The number of hydrogen-bond acceptors (Lipinski definition) is 8. The van der Waals surface area contributed by atoms with E-state index in [0.717, 1.165) is 87.9 Å². The first-order valence-electron chi connectivity index (χ1n) is 19.4. The van der Waals surface area contributed by atoms with Crippen molar-refractivity contribution in [3.63, 3.8) is 0 Å². The number of nitrogens with zero attached hydrogens (tertiary/aromatic N) is 2. The third-order valence-corrected chi connectivity index (χ3v) is 12.9. The molecule has 278 valence electrons. The summed E-state index contributed by atoms with van der Waals surface area (Å²) in [6.07, 6.45) is 9.63. The topological polar surface area (TPSA) is 102 Å². The van der Waals surface area contributed by atoms with Crippen molar-refractivity contribution in [2.24, 2.45) is 11.8 Å². The van der Waals surface area contributed by atoms with Crippen molar-refractivity contribution < 1.29 is 28.8 Å². The minimum atomic E-state index is -1.08. The first kappa shape index (κ1) is 35.5. The number of carboxylic acids is 1. The van der Waals surface area contributed by atoms with Gasteiger partial charge in [0.15, 0.2) is 11.5 Å². The van der Waals surface area contributed by atoms with Crippen LogP contribution in [0.3, 0.4) is 0 Å². The number of aromatic nitrogens is 1. The fourth-order valence-electron chi connectivity index (χ4n) is 9.88. The van der Waals surface area contributed by atoms with Gasteiger partial charge in [0.1, 0.15) is 24.0 Å². The van der Waals surface area contributed by atoms with Gasteiger partial charge in [0, 0.05) is 47.8 Å². The lowest BCUT2D eigenvalue weighted by molar-refractivity contribution is -0.144. The second kappa shape index (κ2) is 14.7. The van der Waals surface area contributed by atoms with E-state index in [9.17, 15) is 9.90 Å². The molecule has 3 heterocycles. The summed E-state index contributed by atoms with van der Waals surface area (Å²) in [6, 6.07) is 13.9. The molecule has 0 unspecified atom stereocenters. The van der Waals surface area contributed by atoms with E-state index in [4.69, 9.17) is 30.5 Å². The van der Waals surface area contributed by atoms with Gasteiger partial charge in [-0.05, 0) is 128 Å². The molecule has 2 aromatic carbocycles. The molecule has 2 fully saturated rings. The minimum Gasteiger partial charge on any atom is -0.493 e. The Morgan fingerprint density at radius 2 is 1.96 bits per heavy atom. The third-order valence-electron chi connectivity index (χ3n) is 12.6. The molecule has 0 radical (unpaired) electrons. The van der Waals surface area contributed by atoms with Gasteiger partial charge in [0.25, 0.3) is 0 Å². The molecule has 2 aliphatic heterocycles. The van der Waals surface area contributed by atoms with E-state index in [0.29, 0.717) is 48.8 Å². The normalized spacial score (nSPS) is 28.9. The van der Waals surface area contributed by atoms with Crippen molar-refractivity contribution in [1.82, 2.24) is 9.88 Å². The van der Waals surface area contributed by atoms with Crippen LogP contribution in [0.1, 0.15) is 87.1 Å². The Kier molecular flexibility index (Phi) is 10.0. The lowest BCUT2D eigenvalue weighted by Gasteiger charge is -2.47. The van der Waals surface area contributed by atoms with Crippen molar-refractivity contribution in [1.29, 1.82) is 0 Å². The van der Waals surface area contributed by atoms with Crippen LogP contribution in [0.15, 0.2) is 48.7 Å². The monoisotopic (exact) mass is 729 g/mol. The Bertz CT molecular complexity index is 1770. The summed E-state index contributed by atoms with van der Waals surface area (Å²) in [6.45, 7) is 9.86. The molecule has 1 saturated carbocycles. The van der Waals surface area contributed by atoms with Crippen LogP contribution >= 0.6 is 11.6 Å². The molecule has 9 nitrogen and oxygen atoms in total. The highest BCUT2D eigenvalue weighted by Crippen LogP contribution is 2.58. The van der Waals surface area contributed by atoms with Gasteiger partial charge < -0.3 is 29.4 Å². The Labute approximate surface area is 312 Å². The number of halogens is 1. The summed E-state index contributed by atoms with van der Waals surface area (Å²) >= 11 is 6.31. The number of carboxylic acid groups (broad SMARTS) is 1. The standard InChI is InChI=1S/C42H52ClN3O6/c1-27(25-50-36-9-14-44-35-8-3-5-28(2)39(35)36)19-30-20-29-21-37-38(52-33(26-51-37)24-46-15-17-49-18-16-46)23-34(29)41(30)10-12-42(13-11-41,40(47)48)45-32-7-4-6-31(43)22-32/h4,6-7,9,14,21-23,27-28,30,33,45H,3,5,8,10-13,15-20,24-26H2,1-2H3,(H,47,48)/t27-,28-,30+,33-,41?,42?/m1/s1. The van der Waals surface area contributed by atoms with Gasteiger partial charge in [0.05, 0.1) is 19.8 Å². The Morgan fingerprint density at radius 1 is 1.13 bits per heavy atom. The Morgan fingerprint density at radius 3 is 2.75 bits per heavy atom.